The number of carbonyl (C=O) groups excluding carboxylic acids is 1. The summed E-state index contributed by atoms with van der Waals surface area (Å²) >= 11 is 0. The molecule has 2 heterocycles. The lowest BCUT2D eigenvalue weighted by atomic mass is 10.0. The van der Waals surface area contributed by atoms with E-state index in [1.54, 1.807) is 4.90 Å². The molecule has 1 aliphatic heterocycles. The molecule has 126 valence electrons. The number of aromatic nitrogens is 1. The van der Waals surface area contributed by atoms with Crippen LogP contribution >= 0.6 is 0 Å². The molecule has 1 N–H and O–H groups in total. The van der Waals surface area contributed by atoms with Gasteiger partial charge in [-0.2, -0.15) is 0 Å². The number of carbonyl (C=O) groups is 1. The van der Waals surface area contributed by atoms with E-state index in [1.165, 1.54) is 18.3 Å². The van der Waals surface area contributed by atoms with Crippen LogP contribution in [0.5, 0.6) is 0 Å². The Morgan fingerprint density at radius 3 is 2.52 bits per heavy atom. The number of anilines is 2. The Kier molecular flexibility index (Phi) is 3.80. The first-order chi connectivity index (χ1) is 12.1. The molecule has 1 aromatic heterocycles. The number of rotatable bonds is 3. The summed E-state index contributed by atoms with van der Waals surface area (Å²) in [5, 5.41) is 4.34. The summed E-state index contributed by atoms with van der Waals surface area (Å²) in [6.07, 6.45) is 2.52. The van der Waals surface area contributed by atoms with Gasteiger partial charge in [-0.25, -0.2) is 13.8 Å². The second kappa shape index (κ2) is 6.12. The maximum atomic E-state index is 13.9. The number of benzene rings is 2. The van der Waals surface area contributed by atoms with E-state index in [4.69, 9.17) is 0 Å². The highest BCUT2D eigenvalue weighted by Crippen LogP contribution is 2.29. The summed E-state index contributed by atoms with van der Waals surface area (Å²) in [5.74, 6) is -0.973. The van der Waals surface area contributed by atoms with E-state index < -0.39 is 11.6 Å². The second-order valence-corrected chi connectivity index (χ2v) is 5.96. The monoisotopic (exact) mass is 339 g/mol. The molecule has 0 bridgehead atoms. The first-order valence-electron chi connectivity index (χ1n) is 8.02. The number of likely N-dealkylation sites (tertiary alicyclic amines) is 1. The van der Waals surface area contributed by atoms with E-state index in [0.29, 0.717) is 16.8 Å². The van der Waals surface area contributed by atoms with E-state index >= 15 is 0 Å². The molecule has 0 atom stereocenters. The zero-order valence-corrected chi connectivity index (χ0v) is 13.3. The number of amides is 1. The molecule has 0 unspecified atom stereocenters. The zero-order chi connectivity index (χ0) is 17.4. The standard InChI is InChI=1S/C19H15F2N3O/c20-12-6-7-17(16(21)10-12)23-18-14-5-2-1-4-13(14)15(11-22-18)19(25)24-8-3-9-24/h1-2,4-7,10-11H,3,8-9H2,(H,22,23). The van der Waals surface area contributed by atoms with Gasteiger partial charge in [-0.1, -0.05) is 24.3 Å². The van der Waals surface area contributed by atoms with Crippen LogP contribution in [-0.4, -0.2) is 28.9 Å². The molecule has 0 spiro atoms. The Morgan fingerprint density at radius 1 is 1.08 bits per heavy atom. The van der Waals surface area contributed by atoms with Gasteiger partial charge in [-0.3, -0.25) is 4.79 Å². The minimum atomic E-state index is -0.702. The second-order valence-electron chi connectivity index (χ2n) is 5.96. The molecule has 1 amide bonds. The SMILES string of the molecule is O=C(c1cnc(Nc2ccc(F)cc2F)c2ccccc12)N1CCC1. The van der Waals surface area contributed by atoms with Crippen LogP contribution in [0.15, 0.2) is 48.7 Å². The summed E-state index contributed by atoms with van der Waals surface area (Å²) < 4.78 is 27.0. The van der Waals surface area contributed by atoms with Crippen molar-refractivity contribution < 1.29 is 13.6 Å². The van der Waals surface area contributed by atoms with Gasteiger partial charge >= 0.3 is 0 Å². The van der Waals surface area contributed by atoms with Gasteiger partial charge in [0, 0.05) is 30.7 Å². The molecular formula is C19H15F2N3O. The van der Waals surface area contributed by atoms with Gasteiger partial charge in [0.1, 0.15) is 17.5 Å². The van der Waals surface area contributed by atoms with Crippen LogP contribution in [0.4, 0.5) is 20.3 Å². The van der Waals surface area contributed by atoms with Crippen molar-refractivity contribution in [1.82, 2.24) is 9.88 Å². The summed E-state index contributed by atoms with van der Waals surface area (Å²) in [6.45, 7) is 1.52. The highest BCUT2D eigenvalue weighted by molar-refractivity contribution is 6.09. The molecule has 6 heteroatoms. The lowest BCUT2D eigenvalue weighted by molar-refractivity contribution is 0.0653. The quantitative estimate of drug-likeness (QED) is 0.781. The van der Waals surface area contributed by atoms with Gasteiger partial charge < -0.3 is 10.2 Å². The summed E-state index contributed by atoms with van der Waals surface area (Å²) in [6, 6.07) is 10.6. The fourth-order valence-electron chi connectivity index (χ4n) is 2.87. The molecule has 1 aliphatic rings. The predicted octanol–water partition coefficient (Wildman–Crippen LogP) is 4.10. The topological polar surface area (TPSA) is 45.2 Å². The lowest BCUT2D eigenvalue weighted by Gasteiger charge is -2.31. The first-order valence-corrected chi connectivity index (χ1v) is 8.02. The molecule has 1 fully saturated rings. The Morgan fingerprint density at radius 2 is 1.84 bits per heavy atom. The van der Waals surface area contributed by atoms with Crippen molar-refractivity contribution in [2.45, 2.75) is 6.42 Å². The van der Waals surface area contributed by atoms with Gasteiger partial charge in [-0.15, -0.1) is 0 Å². The maximum absolute atomic E-state index is 13.9. The fourth-order valence-corrected chi connectivity index (χ4v) is 2.87. The van der Waals surface area contributed by atoms with E-state index in [-0.39, 0.29) is 11.6 Å². The van der Waals surface area contributed by atoms with Crippen molar-refractivity contribution in [3.63, 3.8) is 0 Å². The van der Waals surface area contributed by atoms with Gasteiger partial charge in [0.2, 0.25) is 0 Å². The molecule has 4 nitrogen and oxygen atoms in total. The average Bonchev–Trinajstić information content (AvgIpc) is 2.56. The molecule has 1 saturated heterocycles. The van der Waals surface area contributed by atoms with Gasteiger partial charge in [-0.05, 0) is 23.9 Å². The van der Waals surface area contributed by atoms with E-state index in [2.05, 4.69) is 10.3 Å². The maximum Gasteiger partial charge on any atom is 0.256 e. The molecule has 0 radical (unpaired) electrons. The van der Waals surface area contributed by atoms with E-state index in [0.717, 1.165) is 31.0 Å². The first kappa shape index (κ1) is 15.5. The summed E-state index contributed by atoms with van der Waals surface area (Å²) in [5.41, 5.74) is 0.654. The van der Waals surface area contributed by atoms with Crippen molar-refractivity contribution in [1.29, 1.82) is 0 Å². The molecular weight excluding hydrogens is 324 g/mol. The normalized spacial score (nSPS) is 13.6. The smallest absolute Gasteiger partial charge is 0.256 e. The number of nitrogens with one attached hydrogen (secondary N) is 1. The third-order valence-electron chi connectivity index (χ3n) is 4.35. The molecule has 4 rings (SSSR count). The van der Waals surface area contributed by atoms with Crippen molar-refractivity contribution >= 4 is 28.2 Å². The van der Waals surface area contributed by atoms with Crippen LogP contribution in [0.3, 0.4) is 0 Å². The molecule has 0 saturated carbocycles. The van der Waals surface area contributed by atoms with Crippen molar-refractivity contribution in [2.75, 3.05) is 18.4 Å². The highest BCUT2D eigenvalue weighted by atomic mass is 19.1. The minimum absolute atomic E-state index is 0.0468. The van der Waals surface area contributed by atoms with Crippen LogP contribution in [0.25, 0.3) is 10.8 Å². The van der Waals surface area contributed by atoms with Crippen LogP contribution in [0.1, 0.15) is 16.8 Å². The Labute approximate surface area is 143 Å². The van der Waals surface area contributed by atoms with Crippen LogP contribution in [0.2, 0.25) is 0 Å². The summed E-state index contributed by atoms with van der Waals surface area (Å²) in [4.78, 5) is 18.6. The Balaban J connectivity index is 1.76. The Hall–Kier alpha value is -3.02. The number of hydrogen-bond acceptors (Lipinski definition) is 3. The molecule has 0 aliphatic carbocycles. The number of hydrogen-bond donors (Lipinski definition) is 1. The average molecular weight is 339 g/mol. The predicted molar refractivity (Wildman–Crippen MR) is 91.9 cm³/mol. The number of fused-ring (bicyclic) bond motifs is 1. The largest absolute Gasteiger partial charge is 0.338 e. The molecule has 3 aromatic rings. The third kappa shape index (κ3) is 2.80. The number of pyridine rings is 1. The summed E-state index contributed by atoms with van der Waals surface area (Å²) in [7, 11) is 0. The van der Waals surface area contributed by atoms with Crippen molar-refractivity contribution in [3.8, 4) is 0 Å². The van der Waals surface area contributed by atoms with Crippen LogP contribution < -0.4 is 5.32 Å². The minimum Gasteiger partial charge on any atom is -0.338 e. The Bertz CT molecular complexity index is 970. The molecule has 2 aromatic carbocycles. The van der Waals surface area contributed by atoms with Crippen LogP contribution in [-0.2, 0) is 0 Å². The lowest BCUT2D eigenvalue weighted by Crippen LogP contribution is -2.42. The third-order valence-corrected chi connectivity index (χ3v) is 4.35. The number of halogens is 2. The van der Waals surface area contributed by atoms with Gasteiger partial charge in [0.25, 0.3) is 5.91 Å². The zero-order valence-electron chi connectivity index (χ0n) is 13.3. The number of nitrogens with zero attached hydrogens (tertiary/aromatic N) is 2. The van der Waals surface area contributed by atoms with E-state index in [1.807, 2.05) is 24.3 Å². The molecule has 25 heavy (non-hydrogen) atoms. The van der Waals surface area contributed by atoms with Crippen molar-refractivity contribution in [3.05, 3.63) is 65.9 Å². The fraction of sp³-hybridized carbons (Fsp3) is 0.158. The highest BCUT2D eigenvalue weighted by Gasteiger charge is 2.24. The van der Waals surface area contributed by atoms with E-state index in [9.17, 15) is 13.6 Å². The van der Waals surface area contributed by atoms with Gasteiger partial charge in [0.15, 0.2) is 0 Å². The van der Waals surface area contributed by atoms with Crippen LogP contribution in [0, 0.1) is 11.6 Å². The van der Waals surface area contributed by atoms with Gasteiger partial charge in [0.05, 0.1) is 11.3 Å². The van der Waals surface area contributed by atoms with Crippen molar-refractivity contribution in [2.24, 2.45) is 0 Å².